The lowest BCUT2D eigenvalue weighted by molar-refractivity contribution is -0.0399. The van der Waals surface area contributed by atoms with Crippen molar-refractivity contribution in [3.8, 4) is 5.75 Å². The Kier molecular flexibility index (Phi) is 6.27. The topological polar surface area (TPSA) is 38.8 Å². The van der Waals surface area contributed by atoms with Gasteiger partial charge in [0.1, 0.15) is 11.3 Å². The van der Waals surface area contributed by atoms with Gasteiger partial charge in [-0.2, -0.15) is 0 Å². The van der Waals surface area contributed by atoms with Crippen LogP contribution in [0.3, 0.4) is 0 Å². The predicted molar refractivity (Wildman–Crippen MR) is 89.1 cm³/mol. The molecule has 1 aromatic rings. The third-order valence-electron chi connectivity index (χ3n) is 3.65. The van der Waals surface area contributed by atoms with E-state index in [4.69, 9.17) is 9.47 Å². The first-order chi connectivity index (χ1) is 10.9. The van der Waals surface area contributed by atoms with Crippen LogP contribution >= 0.6 is 27.9 Å². The van der Waals surface area contributed by atoms with Crippen molar-refractivity contribution in [1.82, 2.24) is 4.31 Å². The Hall–Kier alpha value is -0.860. The maximum atomic E-state index is 13.2. The molecule has 128 valence electrons. The SMILES string of the molecule is COC(=O)c1c(CSN2CCC(F)(F)CC2)ccc(Br)c1OC. The van der Waals surface area contributed by atoms with Crippen LogP contribution in [0.2, 0.25) is 0 Å². The first-order valence-corrected chi connectivity index (χ1v) is 8.81. The number of benzene rings is 1. The molecule has 2 rings (SSSR count). The van der Waals surface area contributed by atoms with Crippen LogP contribution in [-0.2, 0) is 10.5 Å². The minimum Gasteiger partial charge on any atom is -0.495 e. The summed E-state index contributed by atoms with van der Waals surface area (Å²) in [5.74, 6) is -2.14. The zero-order valence-electron chi connectivity index (χ0n) is 12.9. The highest BCUT2D eigenvalue weighted by Gasteiger charge is 2.34. The second kappa shape index (κ2) is 7.81. The van der Waals surface area contributed by atoms with Crippen molar-refractivity contribution in [2.24, 2.45) is 0 Å². The number of hydrogen-bond donors (Lipinski definition) is 0. The van der Waals surface area contributed by atoms with Gasteiger partial charge in [-0.3, -0.25) is 0 Å². The molecule has 4 nitrogen and oxygen atoms in total. The van der Waals surface area contributed by atoms with Crippen LogP contribution in [0.5, 0.6) is 5.75 Å². The largest absolute Gasteiger partial charge is 0.495 e. The number of nitrogens with zero attached hydrogens (tertiary/aromatic N) is 1. The lowest BCUT2D eigenvalue weighted by atomic mass is 10.1. The van der Waals surface area contributed by atoms with E-state index in [0.29, 0.717) is 34.6 Å². The van der Waals surface area contributed by atoms with Gasteiger partial charge in [0, 0.05) is 31.7 Å². The van der Waals surface area contributed by atoms with E-state index < -0.39 is 11.9 Å². The average molecular weight is 410 g/mol. The molecule has 0 spiro atoms. The number of halogens is 3. The van der Waals surface area contributed by atoms with Gasteiger partial charge in [0.05, 0.1) is 18.7 Å². The molecule has 0 aliphatic carbocycles. The summed E-state index contributed by atoms with van der Waals surface area (Å²) in [5, 5.41) is 0. The van der Waals surface area contributed by atoms with Crippen molar-refractivity contribution in [2.75, 3.05) is 27.3 Å². The monoisotopic (exact) mass is 409 g/mol. The number of carbonyl (C=O) groups is 1. The van der Waals surface area contributed by atoms with Crippen molar-refractivity contribution in [3.63, 3.8) is 0 Å². The number of carbonyl (C=O) groups excluding carboxylic acids is 1. The third kappa shape index (κ3) is 4.58. The van der Waals surface area contributed by atoms with E-state index >= 15 is 0 Å². The van der Waals surface area contributed by atoms with Crippen LogP contribution in [0.4, 0.5) is 8.78 Å². The fourth-order valence-corrected chi connectivity index (χ4v) is 3.84. The van der Waals surface area contributed by atoms with Gasteiger partial charge in [0.2, 0.25) is 0 Å². The number of rotatable bonds is 5. The van der Waals surface area contributed by atoms with E-state index in [1.165, 1.54) is 26.2 Å². The zero-order chi connectivity index (χ0) is 17.0. The molecule has 23 heavy (non-hydrogen) atoms. The lowest BCUT2D eigenvalue weighted by Crippen LogP contribution is -2.35. The van der Waals surface area contributed by atoms with Gasteiger partial charge in [-0.05, 0) is 27.6 Å². The van der Waals surface area contributed by atoms with E-state index in [0.717, 1.165) is 5.56 Å². The smallest absolute Gasteiger partial charge is 0.342 e. The number of piperidine rings is 1. The Morgan fingerprint density at radius 1 is 1.35 bits per heavy atom. The van der Waals surface area contributed by atoms with E-state index in [1.54, 1.807) is 6.07 Å². The molecule has 1 aliphatic rings. The molecule has 8 heteroatoms. The molecule has 0 saturated carbocycles. The normalized spacial score (nSPS) is 17.8. The Balaban J connectivity index is 2.12. The minimum atomic E-state index is -2.56. The number of hydrogen-bond acceptors (Lipinski definition) is 5. The summed E-state index contributed by atoms with van der Waals surface area (Å²) in [6.45, 7) is 0.664. The van der Waals surface area contributed by atoms with Crippen molar-refractivity contribution in [3.05, 3.63) is 27.7 Å². The molecule has 0 radical (unpaired) electrons. The summed E-state index contributed by atoms with van der Waals surface area (Å²) in [5.41, 5.74) is 1.11. The lowest BCUT2D eigenvalue weighted by Gasteiger charge is -2.30. The number of alkyl halides is 2. The highest BCUT2D eigenvalue weighted by atomic mass is 79.9. The second-order valence-corrected chi connectivity index (χ2v) is 7.08. The molecule has 1 heterocycles. The Bertz CT molecular complexity index is 576. The van der Waals surface area contributed by atoms with Crippen molar-refractivity contribution in [1.29, 1.82) is 0 Å². The van der Waals surface area contributed by atoms with E-state index in [9.17, 15) is 13.6 Å². The summed E-state index contributed by atoms with van der Waals surface area (Å²) < 4.78 is 39.1. The van der Waals surface area contributed by atoms with Gasteiger partial charge in [-0.15, -0.1) is 0 Å². The molecule has 0 N–H and O–H groups in total. The Morgan fingerprint density at radius 3 is 2.57 bits per heavy atom. The number of methoxy groups -OCH3 is 2. The minimum absolute atomic E-state index is 0.131. The highest BCUT2D eigenvalue weighted by Crippen LogP contribution is 2.36. The van der Waals surface area contributed by atoms with Crippen LogP contribution in [-0.4, -0.2) is 43.5 Å². The quantitative estimate of drug-likeness (QED) is 0.540. The van der Waals surface area contributed by atoms with Gasteiger partial charge in [-0.25, -0.2) is 17.9 Å². The fraction of sp³-hybridized carbons (Fsp3) is 0.533. The number of esters is 1. The second-order valence-electron chi connectivity index (χ2n) is 5.16. The zero-order valence-corrected chi connectivity index (χ0v) is 15.3. The van der Waals surface area contributed by atoms with Gasteiger partial charge >= 0.3 is 5.97 Å². The summed E-state index contributed by atoms with van der Waals surface area (Å²) in [7, 11) is 2.79. The molecule has 1 aliphatic heterocycles. The maximum Gasteiger partial charge on any atom is 0.342 e. The molecule has 1 aromatic carbocycles. The van der Waals surface area contributed by atoms with Crippen molar-refractivity contribution in [2.45, 2.75) is 24.5 Å². The van der Waals surface area contributed by atoms with Crippen molar-refractivity contribution < 1.29 is 23.0 Å². The van der Waals surface area contributed by atoms with Gasteiger partial charge in [-0.1, -0.05) is 18.0 Å². The Labute approximate surface area is 146 Å². The molecule has 0 bridgehead atoms. The van der Waals surface area contributed by atoms with Gasteiger partial charge < -0.3 is 9.47 Å². The third-order valence-corrected chi connectivity index (χ3v) is 5.44. The molecule has 0 amide bonds. The van der Waals surface area contributed by atoms with E-state index in [2.05, 4.69) is 15.9 Å². The maximum absolute atomic E-state index is 13.2. The highest BCUT2D eigenvalue weighted by molar-refractivity contribution is 9.10. The van der Waals surface area contributed by atoms with Crippen LogP contribution in [0.15, 0.2) is 16.6 Å². The van der Waals surface area contributed by atoms with E-state index in [-0.39, 0.29) is 12.8 Å². The van der Waals surface area contributed by atoms with Crippen LogP contribution in [0, 0.1) is 0 Å². The fourth-order valence-electron chi connectivity index (χ4n) is 2.35. The van der Waals surface area contributed by atoms with Crippen molar-refractivity contribution >= 4 is 33.8 Å². The average Bonchev–Trinajstić information content (AvgIpc) is 2.53. The van der Waals surface area contributed by atoms with E-state index in [1.807, 2.05) is 10.4 Å². The molecule has 0 atom stereocenters. The summed E-state index contributed by atoms with van der Waals surface area (Å²) in [6, 6.07) is 3.61. The van der Waals surface area contributed by atoms with Crippen LogP contribution in [0.1, 0.15) is 28.8 Å². The summed E-state index contributed by atoms with van der Waals surface area (Å²) in [4.78, 5) is 12.1. The Morgan fingerprint density at radius 2 is 2.00 bits per heavy atom. The van der Waals surface area contributed by atoms with Crippen LogP contribution in [0.25, 0.3) is 0 Å². The van der Waals surface area contributed by atoms with Crippen LogP contribution < -0.4 is 4.74 Å². The molecule has 1 fully saturated rings. The summed E-state index contributed by atoms with van der Waals surface area (Å²) in [6.07, 6.45) is -0.263. The molecule has 1 saturated heterocycles. The summed E-state index contributed by atoms with van der Waals surface area (Å²) >= 11 is 4.79. The number of ether oxygens (including phenoxy) is 2. The first-order valence-electron chi connectivity index (χ1n) is 7.07. The first kappa shape index (κ1) is 18.5. The molecule has 0 aromatic heterocycles. The predicted octanol–water partition coefficient (Wildman–Crippen LogP) is 4.12. The molecule has 0 unspecified atom stereocenters. The van der Waals surface area contributed by atoms with Gasteiger partial charge in [0.15, 0.2) is 0 Å². The molecular weight excluding hydrogens is 392 g/mol. The molecular formula is C15H18BrF2NO3S. The standard InChI is InChI=1S/C15H18BrF2NO3S/c1-21-13-11(16)4-3-10(12(13)14(20)22-2)9-23-19-7-5-15(17,18)6-8-19/h3-4H,5-9H2,1-2H3. The van der Waals surface area contributed by atoms with Gasteiger partial charge in [0.25, 0.3) is 5.92 Å².